The van der Waals surface area contributed by atoms with Crippen LogP contribution in [0.2, 0.25) is 0 Å². The summed E-state index contributed by atoms with van der Waals surface area (Å²) in [5.41, 5.74) is 3.89. The van der Waals surface area contributed by atoms with E-state index in [1.54, 1.807) is 0 Å². The van der Waals surface area contributed by atoms with Gasteiger partial charge in [-0.2, -0.15) is 0 Å². The Bertz CT molecular complexity index is 947. The van der Waals surface area contributed by atoms with Crippen LogP contribution in [0.1, 0.15) is 41.1 Å². The van der Waals surface area contributed by atoms with E-state index in [1.807, 2.05) is 48.5 Å². The third-order valence-corrected chi connectivity index (χ3v) is 6.02. The van der Waals surface area contributed by atoms with E-state index in [4.69, 9.17) is 4.74 Å². The smallest absolute Gasteiger partial charge is 0.231 e. The summed E-state index contributed by atoms with van der Waals surface area (Å²) in [7, 11) is 0. The predicted octanol–water partition coefficient (Wildman–Crippen LogP) is 4.95. The van der Waals surface area contributed by atoms with Crippen molar-refractivity contribution in [1.82, 2.24) is 5.32 Å². The number of aryl methyl sites for hydroxylation is 1. The van der Waals surface area contributed by atoms with Gasteiger partial charge in [-0.1, -0.05) is 84.9 Å². The number of hydrogen-bond acceptors (Lipinski definition) is 2. The minimum absolute atomic E-state index is 0.0732. The van der Waals surface area contributed by atoms with E-state index < -0.39 is 5.41 Å². The zero-order chi connectivity index (χ0) is 20.1. The highest BCUT2D eigenvalue weighted by Gasteiger charge is 2.42. The molecule has 3 nitrogen and oxygen atoms in total. The Labute approximate surface area is 172 Å². The number of amides is 1. The van der Waals surface area contributed by atoms with Gasteiger partial charge in [-0.05, 0) is 42.0 Å². The molecule has 1 amide bonds. The van der Waals surface area contributed by atoms with Gasteiger partial charge in [0, 0.05) is 13.2 Å². The highest BCUT2D eigenvalue weighted by molar-refractivity contribution is 5.89. The van der Waals surface area contributed by atoms with Gasteiger partial charge in [0.15, 0.2) is 0 Å². The van der Waals surface area contributed by atoms with Crippen LogP contribution < -0.4 is 5.32 Å². The first kappa shape index (κ1) is 19.4. The lowest BCUT2D eigenvalue weighted by atomic mass is 9.73. The Kier molecular flexibility index (Phi) is 5.77. The van der Waals surface area contributed by atoms with Crippen LogP contribution in [0.15, 0.2) is 84.9 Å². The molecule has 3 aromatic rings. The molecule has 0 radical (unpaired) electrons. The van der Waals surface area contributed by atoms with Crippen molar-refractivity contribution in [3.63, 3.8) is 0 Å². The summed E-state index contributed by atoms with van der Waals surface area (Å²) in [4.78, 5) is 13.8. The highest BCUT2D eigenvalue weighted by Crippen LogP contribution is 2.36. The molecule has 1 aliphatic rings. The van der Waals surface area contributed by atoms with E-state index in [0.717, 1.165) is 16.7 Å². The van der Waals surface area contributed by atoms with Gasteiger partial charge < -0.3 is 10.1 Å². The molecule has 0 bridgehead atoms. The Morgan fingerprint density at radius 3 is 2.10 bits per heavy atom. The van der Waals surface area contributed by atoms with Gasteiger partial charge in [0.05, 0.1) is 11.5 Å². The van der Waals surface area contributed by atoms with Crippen LogP contribution >= 0.6 is 0 Å². The van der Waals surface area contributed by atoms with E-state index in [1.165, 1.54) is 5.56 Å². The number of benzene rings is 3. The molecule has 0 saturated carbocycles. The molecule has 29 heavy (non-hydrogen) atoms. The monoisotopic (exact) mass is 385 g/mol. The van der Waals surface area contributed by atoms with Crippen molar-refractivity contribution >= 4 is 5.91 Å². The maximum absolute atomic E-state index is 13.8. The summed E-state index contributed by atoms with van der Waals surface area (Å²) in [6, 6.07) is 28.4. The van der Waals surface area contributed by atoms with E-state index >= 15 is 0 Å². The lowest BCUT2D eigenvalue weighted by molar-refractivity contribution is -0.131. The fourth-order valence-electron chi connectivity index (χ4n) is 4.29. The standard InChI is InChI=1S/C26H27NO2/c1-20-10-8-9-15-23(20)24(21-11-4-2-5-12-21)27-25(28)26(16-18-29-19-17-26)22-13-6-3-7-14-22/h2-15,24H,16-19H2,1H3,(H,27,28). The number of carbonyl (C=O) groups excluding carboxylic acids is 1. The zero-order valence-electron chi connectivity index (χ0n) is 16.8. The molecule has 0 aliphatic carbocycles. The maximum atomic E-state index is 13.8. The SMILES string of the molecule is Cc1ccccc1C(NC(=O)C1(c2ccccc2)CCOCC1)c1ccccc1. The van der Waals surface area contributed by atoms with Crippen LogP contribution in [-0.2, 0) is 14.9 Å². The number of hydrogen-bond donors (Lipinski definition) is 1. The fourth-order valence-corrected chi connectivity index (χ4v) is 4.29. The largest absolute Gasteiger partial charge is 0.381 e. The van der Waals surface area contributed by atoms with Crippen LogP contribution in [-0.4, -0.2) is 19.1 Å². The highest BCUT2D eigenvalue weighted by atomic mass is 16.5. The lowest BCUT2D eigenvalue weighted by Crippen LogP contribution is -2.49. The molecule has 1 atom stereocenters. The molecule has 1 N–H and O–H groups in total. The normalized spacial score (nSPS) is 16.7. The van der Waals surface area contributed by atoms with Crippen molar-refractivity contribution in [2.75, 3.05) is 13.2 Å². The van der Waals surface area contributed by atoms with Crippen LogP contribution in [0.3, 0.4) is 0 Å². The average Bonchev–Trinajstić information content (AvgIpc) is 2.79. The van der Waals surface area contributed by atoms with Crippen molar-refractivity contribution in [3.8, 4) is 0 Å². The summed E-state index contributed by atoms with van der Waals surface area (Å²) >= 11 is 0. The van der Waals surface area contributed by atoms with E-state index in [-0.39, 0.29) is 11.9 Å². The molecule has 148 valence electrons. The number of carbonyl (C=O) groups is 1. The molecule has 1 heterocycles. The molecular formula is C26H27NO2. The molecule has 0 aromatic heterocycles. The van der Waals surface area contributed by atoms with E-state index in [9.17, 15) is 4.79 Å². The van der Waals surface area contributed by atoms with E-state index in [0.29, 0.717) is 26.1 Å². The number of nitrogens with one attached hydrogen (secondary N) is 1. The summed E-state index contributed by atoms with van der Waals surface area (Å²) in [5, 5.41) is 3.40. The molecule has 1 aliphatic heterocycles. The van der Waals surface area contributed by atoms with Crippen molar-refractivity contribution in [3.05, 3.63) is 107 Å². The third-order valence-electron chi connectivity index (χ3n) is 6.02. The molecule has 4 rings (SSSR count). The predicted molar refractivity (Wildman–Crippen MR) is 116 cm³/mol. The topological polar surface area (TPSA) is 38.3 Å². The minimum Gasteiger partial charge on any atom is -0.381 e. The molecule has 0 spiro atoms. The van der Waals surface area contributed by atoms with Crippen LogP contribution in [0, 0.1) is 6.92 Å². The summed E-state index contributed by atoms with van der Waals surface area (Å²) in [6.45, 7) is 3.30. The molecule has 1 saturated heterocycles. The second-order valence-electron chi connectivity index (χ2n) is 7.73. The third kappa shape index (κ3) is 3.96. The van der Waals surface area contributed by atoms with Gasteiger partial charge in [0.1, 0.15) is 0 Å². The minimum atomic E-state index is -0.560. The first-order chi connectivity index (χ1) is 14.2. The van der Waals surface area contributed by atoms with Crippen LogP contribution in [0.4, 0.5) is 0 Å². The van der Waals surface area contributed by atoms with Crippen LogP contribution in [0.5, 0.6) is 0 Å². The second-order valence-corrected chi connectivity index (χ2v) is 7.73. The van der Waals surface area contributed by atoms with Gasteiger partial charge >= 0.3 is 0 Å². The van der Waals surface area contributed by atoms with Crippen molar-refractivity contribution in [1.29, 1.82) is 0 Å². The summed E-state index contributed by atoms with van der Waals surface area (Å²) in [5.74, 6) is 0.0732. The van der Waals surface area contributed by atoms with Crippen molar-refractivity contribution in [2.45, 2.75) is 31.2 Å². The summed E-state index contributed by atoms with van der Waals surface area (Å²) < 4.78 is 5.61. The van der Waals surface area contributed by atoms with Gasteiger partial charge in [-0.3, -0.25) is 4.79 Å². The quantitative estimate of drug-likeness (QED) is 0.675. The van der Waals surface area contributed by atoms with Gasteiger partial charge in [-0.15, -0.1) is 0 Å². The van der Waals surface area contributed by atoms with E-state index in [2.05, 4.69) is 48.6 Å². The summed E-state index contributed by atoms with van der Waals surface area (Å²) in [6.07, 6.45) is 1.39. The molecule has 3 aromatic carbocycles. The first-order valence-electron chi connectivity index (χ1n) is 10.3. The van der Waals surface area contributed by atoms with Gasteiger partial charge in [-0.25, -0.2) is 0 Å². The average molecular weight is 386 g/mol. The van der Waals surface area contributed by atoms with Crippen molar-refractivity contribution in [2.24, 2.45) is 0 Å². The number of rotatable bonds is 5. The number of ether oxygens (including phenoxy) is 1. The van der Waals surface area contributed by atoms with Gasteiger partial charge in [0.2, 0.25) is 5.91 Å². The first-order valence-corrected chi connectivity index (χ1v) is 10.3. The molecular weight excluding hydrogens is 358 g/mol. The lowest BCUT2D eigenvalue weighted by Gasteiger charge is -2.37. The molecule has 1 unspecified atom stereocenters. The maximum Gasteiger partial charge on any atom is 0.231 e. The second kappa shape index (κ2) is 8.62. The van der Waals surface area contributed by atoms with Gasteiger partial charge in [0.25, 0.3) is 0 Å². The Morgan fingerprint density at radius 1 is 0.862 bits per heavy atom. The Morgan fingerprint density at radius 2 is 1.45 bits per heavy atom. The fraction of sp³-hybridized carbons (Fsp3) is 0.269. The Hall–Kier alpha value is -2.91. The van der Waals surface area contributed by atoms with Crippen LogP contribution in [0.25, 0.3) is 0 Å². The molecule has 1 fully saturated rings. The zero-order valence-corrected chi connectivity index (χ0v) is 16.8. The Balaban J connectivity index is 1.73. The van der Waals surface area contributed by atoms with Crippen molar-refractivity contribution < 1.29 is 9.53 Å². The molecule has 3 heteroatoms.